The summed E-state index contributed by atoms with van der Waals surface area (Å²) in [7, 11) is -1.96. The van der Waals surface area contributed by atoms with Crippen LogP contribution in [0.1, 0.15) is 24.2 Å². The van der Waals surface area contributed by atoms with E-state index in [0.717, 1.165) is 0 Å². The zero-order valence-corrected chi connectivity index (χ0v) is 10.7. The van der Waals surface area contributed by atoms with Crippen LogP contribution in [-0.4, -0.2) is 27.1 Å². The third kappa shape index (κ3) is 3.20. The molecule has 0 aliphatic carbocycles. The van der Waals surface area contributed by atoms with Gasteiger partial charge in [0, 0.05) is 5.69 Å². The molecule has 1 aromatic carbocycles. The largest absolute Gasteiger partial charge is 0.496 e. The number of anilines is 1. The molecule has 0 saturated carbocycles. The Morgan fingerprint density at radius 3 is 2.47 bits per heavy atom. The van der Waals surface area contributed by atoms with Gasteiger partial charge in [0.2, 0.25) is 10.0 Å². The molecule has 0 spiro atoms. The standard InChI is InChI=1S/C11H15NO4S/c1-8(2)17(14,15)12-10-4-5-11(16-3)9(6-10)7-13/h4-8,12H,1-3H3. The number of ether oxygens (including phenoxy) is 1. The summed E-state index contributed by atoms with van der Waals surface area (Å²) < 4.78 is 30.6. The molecule has 0 aromatic heterocycles. The lowest BCUT2D eigenvalue weighted by molar-refractivity contribution is 0.112. The maximum absolute atomic E-state index is 11.6. The highest BCUT2D eigenvalue weighted by molar-refractivity contribution is 7.93. The molecule has 94 valence electrons. The van der Waals surface area contributed by atoms with E-state index in [-0.39, 0.29) is 0 Å². The van der Waals surface area contributed by atoms with Crippen molar-refractivity contribution < 1.29 is 17.9 Å². The topological polar surface area (TPSA) is 72.5 Å². The molecule has 0 saturated heterocycles. The minimum atomic E-state index is -3.40. The smallest absolute Gasteiger partial charge is 0.235 e. The van der Waals surface area contributed by atoms with E-state index < -0.39 is 15.3 Å². The van der Waals surface area contributed by atoms with E-state index in [1.54, 1.807) is 26.0 Å². The second-order valence-corrected chi connectivity index (χ2v) is 6.01. The van der Waals surface area contributed by atoms with Gasteiger partial charge in [0.05, 0.1) is 17.9 Å². The summed E-state index contributed by atoms with van der Waals surface area (Å²) in [4.78, 5) is 10.8. The van der Waals surface area contributed by atoms with Crippen LogP contribution >= 0.6 is 0 Å². The lowest BCUT2D eigenvalue weighted by Gasteiger charge is -2.12. The van der Waals surface area contributed by atoms with Gasteiger partial charge in [-0.05, 0) is 32.0 Å². The van der Waals surface area contributed by atoms with Crippen LogP contribution in [0.5, 0.6) is 5.75 Å². The number of benzene rings is 1. The van der Waals surface area contributed by atoms with Crippen molar-refractivity contribution in [2.24, 2.45) is 0 Å². The monoisotopic (exact) mass is 257 g/mol. The molecular weight excluding hydrogens is 242 g/mol. The third-order valence-corrected chi connectivity index (χ3v) is 4.00. The lowest BCUT2D eigenvalue weighted by atomic mass is 10.2. The van der Waals surface area contributed by atoms with Crippen LogP contribution < -0.4 is 9.46 Å². The maximum Gasteiger partial charge on any atom is 0.235 e. The van der Waals surface area contributed by atoms with Crippen molar-refractivity contribution >= 4 is 22.0 Å². The summed E-state index contributed by atoms with van der Waals surface area (Å²) in [6, 6.07) is 4.53. The van der Waals surface area contributed by atoms with Gasteiger partial charge >= 0.3 is 0 Å². The van der Waals surface area contributed by atoms with Crippen LogP contribution in [0.25, 0.3) is 0 Å². The number of sulfonamides is 1. The minimum Gasteiger partial charge on any atom is -0.496 e. The molecule has 1 rings (SSSR count). The number of nitrogens with one attached hydrogen (secondary N) is 1. The Morgan fingerprint density at radius 2 is 2.00 bits per heavy atom. The molecule has 0 aliphatic heterocycles. The fraction of sp³-hybridized carbons (Fsp3) is 0.364. The van der Waals surface area contributed by atoms with Crippen molar-refractivity contribution in [2.45, 2.75) is 19.1 Å². The van der Waals surface area contributed by atoms with Gasteiger partial charge in [-0.3, -0.25) is 9.52 Å². The van der Waals surface area contributed by atoms with Crippen LogP contribution in [0, 0.1) is 0 Å². The molecule has 0 unspecified atom stereocenters. The molecule has 0 heterocycles. The Morgan fingerprint density at radius 1 is 1.35 bits per heavy atom. The Labute approximate surface area is 101 Å². The predicted octanol–water partition coefficient (Wildman–Crippen LogP) is 1.66. The van der Waals surface area contributed by atoms with E-state index in [1.807, 2.05) is 0 Å². The Balaban J connectivity index is 3.06. The van der Waals surface area contributed by atoms with Crippen LogP contribution in [0.4, 0.5) is 5.69 Å². The first-order chi connectivity index (χ1) is 7.90. The minimum absolute atomic E-state index is 0.302. The summed E-state index contributed by atoms with van der Waals surface area (Å²) in [5.41, 5.74) is 0.651. The van der Waals surface area contributed by atoms with Crippen molar-refractivity contribution in [2.75, 3.05) is 11.8 Å². The molecule has 6 heteroatoms. The molecule has 0 atom stereocenters. The zero-order valence-electron chi connectivity index (χ0n) is 9.93. The highest BCUT2D eigenvalue weighted by atomic mass is 32.2. The van der Waals surface area contributed by atoms with Gasteiger partial charge in [0.15, 0.2) is 6.29 Å². The Bertz CT molecular complexity index is 508. The molecule has 0 amide bonds. The maximum atomic E-state index is 11.6. The van der Waals surface area contributed by atoms with Gasteiger partial charge in [0.25, 0.3) is 0 Å². The van der Waals surface area contributed by atoms with E-state index in [2.05, 4.69) is 4.72 Å². The number of methoxy groups -OCH3 is 1. The zero-order chi connectivity index (χ0) is 13.1. The molecular formula is C11H15NO4S. The molecule has 1 aromatic rings. The molecule has 0 radical (unpaired) electrons. The number of rotatable bonds is 5. The summed E-state index contributed by atoms with van der Waals surface area (Å²) in [6.07, 6.45) is 0.617. The van der Waals surface area contributed by atoms with Crippen molar-refractivity contribution in [1.82, 2.24) is 0 Å². The van der Waals surface area contributed by atoms with E-state index in [1.165, 1.54) is 13.2 Å². The molecule has 5 nitrogen and oxygen atoms in total. The van der Waals surface area contributed by atoms with E-state index in [9.17, 15) is 13.2 Å². The van der Waals surface area contributed by atoms with E-state index >= 15 is 0 Å². The first-order valence-corrected chi connectivity index (χ1v) is 6.60. The quantitative estimate of drug-likeness (QED) is 0.814. The molecule has 0 aliphatic rings. The fourth-order valence-corrected chi connectivity index (χ4v) is 1.86. The first-order valence-electron chi connectivity index (χ1n) is 5.05. The van der Waals surface area contributed by atoms with Gasteiger partial charge in [0.1, 0.15) is 5.75 Å². The van der Waals surface area contributed by atoms with Crippen LogP contribution in [0.2, 0.25) is 0 Å². The SMILES string of the molecule is COc1ccc(NS(=O)(=O)C(C)C)cc1C=O. The predicted molar refractivity (Wildman–Crippen MR) is 66.1 cm³/mol. The Hall–Kier alpha value is -1.56. The molecule has 0 bridgehead atoms. The second-order valence-electron chi connectivity index (χ2n) is 3.77. The normalized spacial score (nSPS) is 11.3. The van der Waals surface area contributed by atoms with Crippen molar-refractivity contribution in [1.29, 1.82) is 0 Å². The van der Waals surface area contributed by atoms with Crippen molar-refractivity contribution in [3.8, 4) is 5.75 Å². The number of hydrogen-bond acceptors (Lipinski definition) is 4. The third-order valence-electron chi connectivity index (χ3n) is 2.24. The van der Waals surface area contributed by atoms with E-state index in [4.69, 9.17) is 4.74 Å². The number of hydrogen-bond donors (Lipinski definition) is 1. The number of carbonyl (C=O) groups is 1. The second kappa shape index (κ2) is 5.18. The summed E-state index contributed by atoms with van der Waals surface area (Å²) in [6.45, 7) is 3.15. The highest BCUT2D eigenvalue weighted by Gasteiger charge is 2.16. The van der Waals surface area contributed by atoms with Gasteiger partial charge in [-0.15, -0.1) is 0 Å². The Kier molecular flexibility index (Phi) is 4.11. The average molecular weight is 257 g/mol. The van der Waals surface area contributed by atoms with Crippen LogP contribution in [0.3, 0.4) is 0 Å². The summed E-state index contributed by atoms with van der Waals surface area (Å²) in [5, 5.41) is -0.538. The molecule has 0 fully saturated rings. The van der Waals surface area contributed by atoms with Gasteiger partial charge in [-0.1, -0.05) is 0 Å². The number of carbonyl (C=O) groups excluding carboxylic acids is 1. The molecule has 17 heavy (non-hydrogen) atoms. The first kappa shape index (κ1) is 13.5. The number of aldehydes is 1. The summed E-state index contributed by atoms with van der Waals surface area (Å²) >= 11 is 0. The van der Waals surface area contributed by atoms with Crippen LogP contribution in [-0.2, 0) is 10.0 Å². The highest BCUT2D eigenvalue weighted by Crippen LogP contribution is 2.22. The van der Waals surface area contributed by atoms with Crippen LogP contribution in [0.15, 0.2) is 18.2 Å². The fourth-order valence-electron chi connectivity index (χ4n) is 1.17. The lowest BCUT2D eigenvalue weighted by Crippen LogP contribution is -2.22. The van der Waals surface area contributed by atoms with Crippen molar-refractivity contribution in [3.05, 3.63) is 23.8 Å². The average Bonchev–Trinajstić information content (AvgIpc) is 2.28. The molecule has 1 N–H and O–H groups in total. The van der Waals surface area contributed by atoms with Gasteiger partial charge < -0.3 is 4.74 Å². The van der Waals surface area contributed by atoms with Gasteiger partial charge in [-0.2, -0.15) is 0 Å². The van der Waals surface area contributed by atoms with E-state index in [0.29, 0.717) is 23.3 Å². The summed E-state index contributed by atoms with van der Waals surface area (Å²) in [5.74, 6) is 0.410. The van der Waals surface area contributed by atoms with Crippen molar-refractivity contribution in [3.63, 3.8) is 0 Å². The van der Waals surface area contributed by atoms with Gasteiger partial charge in [-0.25, -0.2) is 8.42 Å².